The molecule has 0 saturated heterocycles. The van der Waals surface area contributed by atoms with Crippen LogP contribution in [-0.4, -0.2) is 30.6 Å². The summed E-state index contributed by atoms with van der Waals surface area (Å²) in [5.41, 5.74) is -0.244. The summed E-state index contributed by atoms with van der Waals surface area (Å²) in [6.45, 7) is -0.880. The highest BCUT2D eigenvalue weighted by atomic mass is 19.4. The Bertz CT molecular complexity index is 1590. The molecule has 4 aromatic rings. The maximum absolute atomic E-state index is 13.6. The molecule has 4 aromatic carbocycles. The van der Waals surface area contributed by atoms with Crippen LogP contribution in [0, 0.1) is 0 Å². The number of ether oxygens (including phenoxy) is 3. The van der Waals surface area contributed by atoms with E-state index in [0.717, 1.165) is 48.5 Å². The quantitative estimate of drug-likeness (QED) is 0.153. The van der Waals surface area contributed by atoms with Crippen LogP contribution in [0.4, 0.5) is 49.6 Å². The maximum atomic E-state index is 13.6. The number of benzene rings is 4. The minimum absolute atomic E-state index is 0.0447. The molecule has 1 N–H and O–H groups in total. The van der Waals surface area contributed by atoms with E-state index in [0.29, 0.717) is 0 Å². The third-order valence-electron chi connectivity index (χ3n) is 6.36. The molecule has 1 atom stereocenters. The van der Waals surface area contributed by atoms with Crippen LogP contribution < -0.4 is 19.1 Å². The van der Waals surface area contributed by atoms with Crippen molar-refractivity contribution in [1.29, 1.82) is 0 Å². The fraction of sp³-hybridized carbons (Fsp3) is 0.226. The highest BCUT2D eigenvalue weighted by molar-refractivity contribution is 5.54. The Morgan fingerprint density at radius 3 is 1.80 bits per heavy atom. The number of rotatable bonds is 12. The Kier molecular flexibility index (Phi) is 10.2. The monoisotopic (exact) mass is 663 g/mol. The van der Waals surface area contributed by atoms with Crippen LogP contribution >= 0.6 is 0 Å². The molecule has 0 amide bonds. The van der Waals surface area contributed by atoms with Crippen LogP contribution in [0.3, 0.4) is 0 Å². The van der Waals surface area contributed by atoms with Gasteiger partial charge in [0, 0.05) is 24.4 Å². The average Bonchev–Trinajstić information content (AvgIpc) is 2.96. The van der Waals surface area contributed by atoms with Gasteiger partial charge in [-0.1, -0.05) is 36.4 Å². The second-order valence-corrected chi connectivity index (χ2v) is 9.68. The molecule has 5 nitrogen and oxygen atoms in total. The summed E-state index contributed by atoms with van der Waals surface area (Å²) in [5.74, 6) is -1.11. The zero-order valence-corrected chi connectivity index (χ0v) is 23.2. The van der Waals surface area contributed by atoms with E-state index in [2.05, 4.69) is 9.47 Å². The minimum atomic E-state index is -4.95. The molecule has 0 aliphatic heterocycles. The molecular weight excluding hydrogens is 640 g/mol. The first kappa shape index (κ1) is 34.2. The molecule has 0 radical (unpaired) electrons. The van der Waals surface area contributed by atoms with Gasteiger partial charge in [0.25, 0.3) is 0 Å². The van der Waals surface area contributed by atoms with Gasteiger partial charge >= 0.3 is 25.1 Å². The number of aliphatic hydroxyl groups excluding tert-OH is 1. The molecule has 246 valence electrons. The first-order chi connectivity index (χ1) is 21.5. The molecule has 0 bridgehead atoms. The second kappa shape index (κ2) is 13.8. The highest BCUT2D eigenvalue weighted by Gasteiger charge is 2.44. The van der Waals surface area contributed by atoms with Gasteiger partial charge in [-0.3, -0.25) is 0 Å². The van der Waals surface area contributed by atoms with Crippen molar-refractivity contribution in [2.24, 2.45) is 0 Å². The molecule has 0 aromatic heterocycles. The fourth-order valence-corrected chi connectivity index (χ4v) is 4.36. The predicted molar refractivity (Wildman–Crippen MR) is 145 cm³/mol. The zero-order chi connectivity index (χ0) is 33.7. The van der Waals surface area contributed by atoms with Crippen LogP contribution in [0.25, 0.3) is 0 Å². The Hall–Kier alpha value is -4.66. The summed E-state index contributed by atoms with van der Waals surface area (Å²) in [5, 5.41) is 10.4. The van der Waals surface area contributed by atoms with Gasteiger partial charge in [-0.2, -0.15) is 30.7 Å². The second-order valence-electron chi connectivity index (χ2n) is 9.68. The van der Waals surface area contributed by atoms with Crippen LogP contribution in [0.1, 0.15) is 22.7 Å². The van der Waals surface area contributed by atoms with Crippen LogP contribution in [0.2, 0.25) is 0 Å². The molecule has 0 saturated carbocycles. The topological polar surface area (TPSA) is 51.2 Å². The molecule has 0 fully saturated rings. The van der Waals surface area contributed by atoms with Crippen LogP contribution in [0.5, 0.6) is 23.0 Å². The number of alkyl halides is 10. The van der Waals surface area contributed by atoms with Gasteiger partial charge in [0.2, 0.25) is 0 Å². The first-order valence-corrected chi connectivity index (χ1v) is 13.2. The Balaban J connectivity index is 1.70. The molecule has 0 spiro atoms. The van der Waals surface area contributed by atoms with E-state index < -0.39 is 54.8 Å². The molecule has 1 unspecified atom stereocenters. The third-order valence-corrected chi connectivity index (χ3v) is 6.36. The summed E-state index contributed by atoms with van der Waals surface area (Å²) in [7, 11) is 0. The molecule has 15 heteroatoms. The van der Waals surface area contributed by atoms with Crippen molar-refractivity contribution in [3.8, 4) is 23.0 Å². The van der Waals surface area contributed by atoms with Crippen molar-refractivity contribution >= 4 is 5.69 Å². The molecule has 0 heterocycles. The average molecular weight is 664 g/mol. The van der Waals surface area contributed by atoms with E-state index in [9.17, 15) is 49.0 Å². The number of anilines is 1. The van der Waals surface area contributed by atoms with Crippen molar-refractivity contribution in [3.63, 3.8) is 0 Å². The number of hydrogen-bond donors (Lipinski definition) is 1. The molecule has 4 rings (SSSR count). The van der Waals surface area contributed by atoms with E-state index in [4.69, 9.17) is 4.74 Å². The number of aliphatic hydroxyl groups is 1. The molecule has 46 heavy (non-hydrogen) atoms. The van der Waals surface area contributed by atoms with Gasteiger partial charge in [-0.25, -0.2) is 0 Å². The van der Waals surface area contributed by atoms with Crippen molar-refractivity contribution < 1.29 is 63.2 Å². The van der Waals surface area contributed by atoms with E-state index >= 15 is 0 Å². The van der Waals surface area contributed by atoms with E-state index in [1.807, 2.05) is 0 Å². The lowest BCUT2D eigenvalue weighted by molar-refractivity contribution is -0.274. The highest BCUT2D eigenvalue weighted by Crippen LogP contribution is 2.36. The van der Waals surface area contributed by atoms with E-state index in [1.54, 1.807) is 0 Å². The van der Waals surface area contributed by atoms with E-state index in [1.165, 1.54) is 53.4 Å². The maximum Gasteiger partial charge on any atom is 0.573 e. The van der Waals surface area contributed by atoms with Crippen molar-refractivity contribution in [2.45, 2.75) is 37.7 Å². The van der Waals surface area contributed by atoms with Gasteiger partial charge in [0.15, 0.2) is 0 Å². The standard InChI is InChI=1S/C31H23F10NO4/c32-28(33)30(37,38)45-25-8-1-4-19(14-25)17-42(27(18-43)20-10-12-21(13-11-20)29(34,35)36)22-5-2-6-23(15-22)44-24-7-3-9-26(16-24)46-31(39,40)41/h1-16,27-28,43H,17-18H2. The minimum Gasteiger partial charge on any atom is -0.457 e. The summed E-state index contributed by atoms with van der Waals surface area (Å²) < 4.78 is 144. The van der Waals surface area contributed by atoms with Crippen molar-refractivity contribution in [2.75, 3.05) is 11.5 Å². The Labute approximate surface area is 255 Å². The summed E-state index contributed by atoms with van der Waals surface area (Å²) >= 11 is 0. The summed E-state index contributed by atoms with van der Waals surface area (Å²) in [6.07, 6.45) is -18.5. The summed E-state index contributed by atoms with van der Waals surface area (Å²) in [6, 6.07) is 18.2. The van der Waals surface area contributed by atoms with E-state index in [-0.39, 0.29) is 34.9 Å². The Morgan fingerprint density at radius 1 is 0.652 bits per heavy atom. The largest absolute Gasteiger partial charge is 0.573 e. The normalized spacial score (nSPS) is 13.0. The van der Waals surface area contributed by atoms with Crippen LogP contribution in [0.15, 0.2) is 97.1 Å². The van der Waals surface area contributed by atoms with Crippen molar-refractivity contribution in [1.82, 2.24) is 0 Å². The molecule has 0 aliphatic rings. The first-order valence-electron chi connectivity index (χ1n) is 13.2. The SMILES string of the molecule is OCC(c1ccc(C(F)(F)F)cc1)N(Cc1cccc(OC(F)(F)C(F)F)c1)c1cccc(Oc2cccc(OC(F)(F)F)c2)c1. The smallest absolute Gasteiger partial charge is 0.457 e. The third kappa shape index (κ3) is 9.19. The fourth-order valence-electron chi connectivity index (χ4n) is 4.36. The van der Waals surface area contributed by atoms with Crippen LogP contribution in [-0.2, 0) is 12.7 Å². The lowest BCUT2D eigenvalue weighted by atomic mass is 10.0. The molecular formula is C31H23F10NO4. The van der Waals surface area contributed by atoms with Gasteiger partial charge in [-0.15, -0.1) is 13.2 Å². The number of halogens is 10. The lowest BCUT2D eigenvalue weighted by Crippen LogP contribution is -2.33. The number of nitrogens with zero attached hydrogens (tertiary/aromatic N) is 1. The van der Waals surface area contributed by atoms with Gasteiger partial charge < -0.3 is 24.2 Å². The lowest BCUT2D eigenvalue weighted by Gasteiger charge is -2.33. The van der Waals surface area contributed by atoms with Gasteiger partial charge in [-0.05, 0) is 59.7 Å². The zero-order valence-electron chi connectivity index (χ0n) is 23.2. The summed E-state index contributed by atoms with van der Waals surface area (Å²) in [4.78, 5) is 1.48. The van der Waals surface area contributed by atoms with Crippen molar-refractivity contribution in [3.05, 3.63) is 114 Å². The van der Waals surface area contributed by atoms with Gasteiger partial charge in [0.05, 0.1) is 18.2 Å². The molecule has 0 aliphatic carbocycles. The Morgan fingerprint density at radius 2 is 1.22 bits per heavy atom. The van der Waals surface area contributed by atoms with Gasteiger partial charge in [0.1, 0.15) is 23.0 Å². The number of hydrogen-bond acceptors (Lipinski definition) is 5. The predicted octanol–water partition coefficient (Wildman–Crippen LogP) is 9.37.